The number of carboxylic acid groups (broad SMARTS) is 1. The number of nitrogens with zero attached hydrogens (tertiary/aromatic N) is 1. The summed E-state index contributed by atoms with van der Waals surface area (Å²) in [5.41, 5.74) is -1.99. The molecule has 2 N–H and O–H groups in total. The van der Waals surface area contributed by atoms with Crippen molar-refractivity contribution >= 4 is 5.97 Å². The third-order valence-corrected chi connectivity index (χ3v) is 2.34. The molecule has 2 aromatic rings. The van der Waals surface area contributed by atoms with Gasteiger partial charge in [-0.1, -0.05) is 11.2 Å². The summed E-state index contributed by atoms with van der Waals surface area (Å²) in [5.74, 6) is -2.69. The van der Waals surface area contributed by atoms with Gasteiger partial charge in [0.2, 0.25) is 0 Å². The molecule has 0 aliphatic carbocycles. The molecule has 0 spiro atoms. The minimum atomic E-state index is -4.73. The summed E-state index contributed by atoms with van der Waals surface area (Å²) < 4.78 is 42.3. The van der Waals surface area contributed by atoms with Gasteiger partial charge in [-0.25, -0.2) is 4.79 Å². The molecule has 1 aromatic heterocycles. The topological polar surface area (TPSA) is 83.6 Å². The molecule has 1 heterocycles. The lowest BCUT2D eigenvalue weighted by Gasteiger charge is -2.10. The average Bonchev–Trinajstić information content (AvgIpc) is 2.77. The second-order valence-electron chi connectivity index (χ2n) is 3.58. The number of halogens is 3. The van der Waals surface area contributed by atoms with Crippen LogP contribution in [0.25, 0.3) is 11.3 Å². The monoisotopic (exact) mass is 273 g/mol. The van der Waals surface area contributed by atoms with Gasteiger partial charge in [0, 0.05) is 6.07 Å². The Morgan fingerprint density at radius 3 is 2.53 bits per heavy atom. The van der Waals surface area contributed by atoms with Crippen LogP contribution in [0.3, 0.4) is 0 Å². The zero-order valence-electron chi connectivity index (χ0n) is 9.10. The molecule has 0 saturated heterocycles. The predicted octanol–water partition coefficient (Wildman–Crippen LogP) is 2.76. The third-order valence-electron chi connectivity index (χ3n) is 2.34. The van der Waals surface area contributed by atoms with Gasteiger partial charge < -0.3 is 14.7 Å². The van der Waals surface area contributed by atoms with E-state index in [9.17, 15) is 23.1 Å². The first-order valence-corrected chi connectivity index (χ1v) is 4.90. The molecular formula is C11H6F3NO4. The van der Waals surface area contributed by atoms with Crippen LogP contribution in [0.1, 0.15) is 16.1 Å². The number of carboxylic acids is 1. The van der Waals surface area contributed by atoms with Crippen molar-refractivity contribution < 1.29 is 32.7 Å². The molecule has 5 nitrogen and oxygen atoms in total. The molecule has 0 aliphatic heterocycles. The summed E-state index contributed by atoms with van der Waals surface area (Å²) in [6.45, 7) is 0. The molecule has 8 heteroatoms. The van der Waals surface area contributed by atoms with Gasteiger partial charge >= 0.3 is 12.1 Å². The number of hydrogen-bond donors (Lipinski definition) is 2. The maximum atomic E-state index is 12.6. The van der Waals surface area contributed by atoms with Gasteiger partial charge in [0.15, 0.2) is 11.5 Å². The summed E-state index contributed by atoms with van der Waals surface area (Å²) in [7, 11) is 0. The van der Waals surface area contributed by atoms with Crippen molar-refractivity contribution in [2.45, 2.75) is 6.18 Å². The lowest BCUT2D eigenvalue weighted by Crippen LogP contribution is -2.05. The molecule has 2 rings (SSSR count). The Bertz CT molecular complexity index is 633. The maximum absolute atomic E-state index is 12.6. The first-order valence-electron chi connectivity index (χ1n) is 4.90. The standard InChI is InChI=1S/C11H6F3NO4/c12-11(13,14)6-3-1-2-5(9(6)16)8-4-7(10(17)18)15-19-8/h1-4,16H,(H,17,18). The van der Waals surface area contributed by atoms with E-state index in [4.69, 9.17) is 5.11 Å². The van der Waals surface area contributed by atoms with Crippen LogP contribution in [-0.2, 0) is 6.18 Å². The Hall–Kier alpha value is -2.51. The number of phenolic OH excluding ortho intramolecular Hbond substituents is 1. The second-order valence-corrected chi connectivity index (χ2v) is 3.58. The van der Waals surface area contributed by atoms with Crippen LogP contribution in [0, 0.1) is 0 Å². The molecule has 0 aliphatic rings. The number of aromatic nitrogens is 1. The zero-order chi connectivity index (χ0) is 14.2. The van der Waals surface area contributed by atoms with Crippen LogP contribution in [0.2, 0.25) is 0 Å². The first kappa shape index (κ1) is 12.9. The molecule has 0 radical (unpaired) electrons. The molecule has 19 heavy (non-hydrogen) atoms. The lowest BCUT2D eigenvalue weighted by molar-refractivity contribution is -0.138. The number of carbonyl (C=O) groups is 1. The molecular weight excluding hydrogens is 267 g/mol. The Labute approximate surface area is 103 Å². The summed E-state index contributed by atoms with van der Waals surface area (Å²) in [6.07, 6.45) is -4.73. The van der Waals surface area contributed by atoms with Crippen molar-refractivity contribution in [1.29, 1.82) is 0 Å². The lowest BCUT2D eigenvalue weighted by atomic mass is 10.1. The fourth-order valence-electron chi connectivity index (χ4n) is 1.47. The molecule has 0 amide bonds. The number of aromatic carboxylic acids is 1. The number of hydrogen-bond acceptors (Lipinski definition) is 4. The van der Waals surface area contributed by atoms with E-state index in [2.05, 4.69) is 9.68 Å². The van der Waals surface area contributed by atoms with Gasteiger partial charge in [-0.15, -0.1) is 0 Å². The van der Waals surface area contributed by atoms with Gasteiger partial charge in [-0.2, -0.15) is 13.2 Å². The van der Waals surface area contributed by atoms with E-state index in [1.807, 2.05) is 0 Å². The van der Waals surface area contributed by atoms with Crippen molar-refractivity contribution in [3.8, 4) is 17.1 Å². The summed E-state index contributed by atoms with van der Waals surface area (Å²) in [5, 5.41) is 21.4. The highest BCUT2D eigenvalue weighted by Gasteiger charge is 2.35. The zero-order valence-corrected chi connectivity index (χ0v) is 9.10. The van der Waals surface area contributed by atoms with E-state index >= 15 is 0 Å². The van der Waals surface area contributed by atoms with Crippen molar-refractivity contribution in [3.63, 3.8) is 0 Å². The number of rotatable bonds is 2. The fourth-order valence-corrected chi connectivity index (χ4v) is 1.47. The van der Waals surface area contributed by atoms with E-state index in [-0.39, 0.29) is 11.3 Å². The highest BCUT2D eigenvalue weighted by molar-refractivity contribution is 5.86. The third kappa shape index (κ3) is 2.37. The molecule has 1 aromatic carbocycles. The van der Waals surface area contributed by atoms with Gasteiger partial charge in [-0.05, 0) is 12.1 Å². The average molecular weight is 273 g/mol. The number of alkyl halides is 3. The van der Waals surface area contributed by atoms with Crippen LogP contribution in [0.5, 0.6) is 5.75 Å². The summed E-state index contributed by atoms with van der Waals surface area (Å²) in [6, 6.07) is 3.86. The largest absolute Gasteiger partial charge is 0.507 e. The van der Waals surface area contributed by atoms with Crippen molar-refractivity contribution in [1.82, 2.24) is 5.16 Å². The Kier molecular flexibility index (Phi) is 2.93. The van der Waals surface area contributed by atoms with Crippen molar-refractivity contribution in [2.75, 3.05) is 0 Å². The Morgan fingerprint density at radius 2 is 2.00 bits per heavy atom. The number of benzene rings is 1. The minimum Gasteiger partial charge on any atom is -0.507 e. The molecule has 0 bridgehead atoms. The number of phenols is 1. The highest BCUT2D eigenvalue weighted by Crippen LogP contribution is 2.41. The summed E-state index contributed by atoms with van der Waals surface area (Å²) in [4.78, 5) is 10.6. The molecule has 0 fully saturated rings. The van der Waals surface area contributed by atoms with Crippen LogP contribution in [-0.4, -0.2) is 21.3 Å². The predicted molar refractivity (Wildman–Crippen MR) is 55.6 cm³/mol. The van der Waals surface area contributed by atoms with Gasteiger partial charge in [0.25, 0.3) is 0 Å². The van der Waals surface area contributed by atoms with E-state index in [0.717, 1.165) is 18.2 Å². The van der Waals surface area contributed by atoms with E-state index in [1.165, 1.54) is 0 Å². The van der Waals surface area contributed by atoms with Crippen LogP contribution < -0.4 is 0 Å². The SMILES string of the molecule is O=C(O)c1cc(-c2cccc(C(F)(F)F)c2O)on1. The summed E-state index contributed by atoms with van der Waals surface area (Å²) >= 11 is 0. The van der Waals surface area contributed by atoms with Crippen molar-refractivity contribution in [2.24, 2.45) is 0 Å². The minimum absolute atomic E-state index is 0.263. The highest BCUT2D eigenvalue weighted by atomic mass is 19.4. The quantitative estimate of drug-likeness (QED) is 0.878. The number of para-hydroxylation sites is 1. The molecule has 0 saturated carbocycles. The van der Waals surface area contributed by atoms with E-state index < -0.39 is 29.2 Å². The Morgan fingerprint density at radius 1 is 1.32 bits per heavy atom. The van der Waals surface area contributed by atoms with Crippen LogP contribution in [0.4, 0.5) is 13.2 Å². The van der Waals surface area contributed by atoms with Crippen molar-refractivity contribution in [3.05, 3.63) is 35.5 Å². The molecule has 0 unspecified atom stereocenters. The smallest absolute Gasteiger partial charge is 0.419 e. The van der Waals surface area contributed by atoms with Gasteiger partial charge in [-0.3, -0.25) is 0 Å². The number of aromatic hydroxyl groups is 1. The van der Waals surface area contributed by atoms with E-state index in [0.29, 0.717) is 6.07 Å². The maximum Gasteiger partial charge on any atom is 0.419 e. The van der Waals surface area contributed by atoms with E-state index in [1.54, 1.807) is 0 Å². The second kappa shape index (κ2) is 4.30. The van der Waals surface area contributed by atoms with Crippen LogP contribution in [0.15, 0.2) is 28.8 Å². The first-order chi connectivity index (χ1) is 8.80. The van der Waals surface area contributed by atoms with Gasteiger partial charge in [0.1, 0.15) is 5.75 Å². The van der Waals surface area contributed by atoms with Crippen LogP contribution >= 0.6 is 0 Å². The normalized spacial score (nSPS) is 11.5. The van der Waals surface area contributed by atoms with Gasteiger partial charge in [0.05, 0.1) is 11.1 Å². The Balaban J connectivity index is 2.54. The molecule has 0 atom stereocenters. The molecule has 100 valence electrons. The fraction of sp³-hybridized carbons (Fsp3) is 0.0909.